The monoisotopic (exact) mass is 384 g/mol. The van der Waals surface area contributed by atoms with Gasteiger partial charge in [-0.3, -0.25) is 0 Å². The van der Waals surface area contributed by atoms with E-state index in [1.165, 1.54) is 0 Å². The first-order valence-electron chi connectivity index (χ1n) is 8.65. The van der Waals surface area contributed by atoms with Gasteiger partial charge < -0.3 is 14.8 Å². The number of ether oxygens (including phenoxy) is 2. The normalized spacial score (nSPS) is 24.9. The van der Waals surface area contributed by atoms with E-state index in [0.717, 1.165) is 36.5 Å². The molecule has 2 fully saturated rings. The summed E-state index contributed by atoms with van der Waals surface area (Å²) in [6.07, 6.45) is 1.80. The van der Waals surface area contributed by atoms with E-state index in [4.69, 9.17) is 9.47 Å². The quantitative estimate of drug-likeness (QED) is 0.741. The second-order valence-corrected chi connectivity index (χ2v) is 10.4. The lowest BCUT2D eigenvalue weighted by atomic mass is 9.94. The lowest BCUT2D eigenvalue weighted by Gasteiger charge is -2.46. The summed E-state index contributed by atoms with van der Waals surface area (Å²) in [5.74, 6) is 1.85. The molecule has 1 spiro atoms. The van der Waals surface area contributed by atoms with E-state index in [9.17, 15) is 8.42 Å². The van der Waals surface area contributed by atoms with Gasteiger partial charge in [-0.2, -0.15) is 16.1 Å². The number of nitrogens with zero attached hydrogens (tertiary/aromatic N) is 1. The summed E-state index contributed by atoms with van der Waals surface area (Å²) in [6.45, 7) is 3.40. The highest BCUT2D eigenvalue weighted by atomic mass is 32.2. The molecule has 1 N–H and O–H groups in total. The number of methoxy groups -OCH3 is 1. The van der Waals surface area contributed by atoms with E-state index in [-0.39, 0.29) is 4.75 Å². The highest BCUT2D eigenvalue weighted by Gasteiger charge is 2.52. The van der Waals surface area contributed by atoms with Crippen molar-refractivity contribution in [1.29, 1.82) is 0 Å². The van der Waals surface area contributed by atoms with Crippen LogP contribution in [0.25, 0.3) is 0 Å². The summed E-state index contributed by atoms with van der Waals surface area (Å²) in [5.41, 5.74) is 0.994. The van der Waals surface area contributed by atoms with Gasteiger partial charge in [-0.25, -0.2) is 8.42 Å². The van der Waals surface area contributed by atoms with Gasteiger partial charge in [-0.1, -0.05) is 0 Å². The van der Waals surface area contributed by atoms with E-state index < -0.39 is 10.0 Å². The predicted molar refractivity (Wildman–Crippen MR) is 97.9 cm³/mol. The maximum atomic E-state index is 12.9. The van der Waals surface area contributed by atoms with Gasteiger partial charge in [-0.15, -0.1) is 0 Å². The molecule has 0 bridgehead atoms. The number of benzene rings is 1. The molecule has 1 aromatic rings. The Labute approximate surface area is 153 Å². The van der Waals surface area contributed by atoms with Crippen LogP contribution in [0.3, 0.4) is 0 Å². The van der Waals surface area contributed by atoms with Crippen LogP contribution in [0.1, 0.15) is 12.0 Å². The van der Waals surface area contributed by atoms with Gasteiger partial charge >= 0.3 is 0 Å². The molecular weight excluding hydrogens is 360 g/mol. The molecular formula is C17H24N2O4S2. The first-order valence-corrected chi connectivity index (χ1v) is 11.1. The van der Waals surface area contributed by atoms with E-state index in [2.05, 4.69) is 5.32 Å². The van der Waals surface area contributed by atoms with Crippen molar-refractivity contribution in [1.82, 2.24) is 9.62 Å². The number of hydrogen-bond acceptors (Lipinski definition) is 6. The molecule has 1 atom stereocenters. The molecule has 0 aromatic heterocycles. The lowest BCUT2D eigenvalue weighted by molar-refractivity contribution is 0.189. The summed E-state index contributed by atoms with van der Waals surface area (Å²) < 4.78 is 38.0. The van der Waals surface area contributed by atoms with Gasteiger partial charge in [0.15, 0.2) is 0 Å². The van der Waals surface area contributed by atoms with E-state index in [1.54, 1.807) is 29.6 Å². The molecule has 6 nitrogen and oxygen atoms in total. The summed E-state index contributed by atoms with van der Waals surface area (Å²) in [6, 6.07) is 5.67. The smallest absolute Gasteiger partial charge is 0.243 e. The van der Waals surface area contributed by atoms with Crippen LogP contribution in [0, 0.1) is 0 Å². The van der Waals surface area contributed by atoms with Crippen LogP contribution in [-0.4, -0.2) is 69.2 Å². The number of thioether (sulfide) groups is 1. The highest BCUT2D eigenvalue weighted by molar-refractivity contribution is 8.01. The molecule has 1 unspecified atom stereocenters. The first kappa shape index (κ1) is 17.6. The zero-order chi connectivity index (χ0) is 17.5. The molecule has 1 aromatic carbocycles. The van der Waals surface area contributed by atoms with Gasteiger partial charge in [0.1, 0.15) is 5.75 Å². The molecule has 25 heavy (non-hydrogen) atoms. The van der Waals surface area contributed by atoms with Crippen LogP contribution < -0.4 is 10.1 Å². The Morgan fingerprint density at radius 1 is 1.44 bits per heavy atom. The molecule has 0 amide bonds. The summed E-state index contributed by atoms with van der Waals surface area (Å²) in [7, 11) is -1.70. The zero-order valence-electron chi connectivity index (χ0n) is 14.4. The Hall–Kier alpha value is -0.800. The molecule has 3 heterocycles. The molecule has 8 heteroatoms. The van der Waals surface area contributed by atoms with Crippen molar-refractivity contribution in [2.24, 2.45) is 0 Å². The van der Waals surface area contributed by atoms with Crippen molar-refractivity contribution in [3.05, 3.63) is 23.8 Å². The van der Waals surface area contributed by atoms with Gasteiger partial charge in [0.25, 0.3) is 0 Å². The maximum absolute atomic E-state index is 12.9. The molecule has 0 aliphatic carbocycles. The van der Waals surface area contributed by atoms with Crippen molar-refractivity contribution >= 4 is 21.8 Å². The Morgan fingerprint density at radius 3 is 3.08 bits per heavy atom. The third kappa shape index (κ3) is 3.30. The van der Waals surface area contributed by atoms with Crippen molar-refractivity contribution < 1.29 is 17.9 Å². The third-order valence-electron chi connectivity index (χ3n) is 5.18. The Kier molecular flexibility index (Phi) is 4.74. The van der Waals surface area contributed by atoms with Crippen molar-refractivity contribution in [2.75, 3.05) is 45.7 Å². The third-order valence-corrected chi connectivity index (χ3v) is 8.57. The predicted octanol–water partition coefficient (Wildman–Crippen LogP) is 1.11. The number of nitrogens with one attached hydrogen (secondary N) is 1. The first-order chi connectivity index (χ1) is 12.0. The summed E-state index contributed by atoms with van der Waals surface area (Å²) in [4.78, 5) is 0.393. The van der Waals surface area contributed by atoms with Crippen molar-refractivity contribution in [2.45, 2.75) is 28.5 Å². The van der Waals surface area contributed by atoms with Crippen molar-refractivity contribution in [3.63, 3.8) is 0 Å². The van der Waals surface area contributed by atoms with Crippen LogP contribution in [0.15, 0.2) is 23.1 Å². The largest absolute Gasteiger partial charge is 0.493 e. The fourth-order valence-electron chi connectivity index (χ4n) is 3.80. The average molecular weight is 385 g/mol. The Bertz CT molecular complexity index is 747. The van der Waals surface area contributed by atoms with Crippen molar-refractivity contribution in [3.8, 4) is 5.75 Å². The molecule has 0 radical (unpaired) electrons. The Balaban J connectivity index is 1.38. The van der Waals surface area contributed by atoms with Gasteiger partial charge in [0.05, 0.1) is 18.1 Å². The van der Waals surface area contributed by atoms with Crippen LogP contribution in [0.5, 0.6) is 5.75 Å². The standard InChI is InChI=1S/C17H24N2O4S2/c1-22-7-5-18-14-9-17(24-10-14)11-19(12-17)25(20,21)15-2-3-16-13(8-15)4-6-23-16/h2-3,8,14,18H,4-7,9-12H2,1H3. The minimum absolute atomic E-state index is 0.0810. The minimum atomic E-state index is -3.40. The van der Waals surface area contributed by atoms with E-state index in [1.807, 2.05) is 11.8 Å². The molecule has 3 aliphatic rings. The highest BCUT2D eigenvalue weighted by Crippen LogP contribution is 2.47. The SMILES string of the molecule is COCCNC1CSC2(C1)CN(S(=O)(=O)c1ccc3c(c1)CCO3)C2. The van der Waals surface area contributed by atoms with Gasteiger partial charge in [0, 0.05) is 49.7 Å². The second-order valence-electron chi connectivity index (χ2n) is 6.98. The van der Waals surface area contributed by atoms with Gasteiger partial charge in [-0.05, 0) is 30.2 Å². The molecule has 2 saturated heterocycles. The van der Waals surface area contributed by atoms with Crippen LogP contribution in [-0.2, 0) is 21.2 Å². The Morgan fingerprint density at radius 2 is 2.28 bits per heavy atom. The van der Waals surface area contributed by atoms with E-state index >= 15 is 0 Å². The van der Waals surface area contributed by atoms with Crippen LogP contribution in [0.2, 0.25) is 0 Å². The maximum Gasteiger partial charge on any atom is 0.243 e. The average Bonchev–Trinajstić information content (AvgIpc) is 3.19. The summed E-state index contributed by atoms with van der Waals surface area (Å²) >= 11 is 1.90. The summed E-state index contributed by atoms with van der Waals surface area (Å²) in [5, 5.41) is 3.49. The van der Waals surface area contributed by atoms with E-state index in [0.29, 0.717) is 37.2 Å². The number of sulfonamides is 1. The second kappa shape index (κ2) is 6.74. The molecule has 4 rings (SSSR count). The van der Waals surface area contributed by atoms with Crippen LogP contribution in [0.4, 0.5) is 0 Å². The molecule has 3 aliphatic heterocycles. The fourth-order valence-corrected chi connectivity index (χ4v) is 7.23. The fraction of sp³-hybridized carbons (Fsp3) is 0.647. The van der Waals surface area contributed by atoms with Gasteiger partial charge in [0.2, 0.25) is 10.0 Å². The number of rotatable bonds is 6. The van der Waals surface area contributed by atoms with Crippen LogP contribution >= 0.6 is 11.8 Å². The topological polar surface area (TPSA) is 67.9 Å². The zero-order valence-corrected chi connectivity index (χ0v) is 16.0. The lowest BCUT2D eigenvalue weighted by Crippen LogP contribution is -2.60. The molecule has 0 saturated carbocycles. The minimum Gasteiger partial charge on any atom is -0.493 e. The number of hydrogen-bond donors (Lipinski definition) is 1. The number of fused-ring (bicyclic) bond motifs is 1. The molecule has 138 valence electrons.